The summed E-state index contributed by atoms with van der Waals surface area (Å²) in [6.07, 6.45) is 4.28. The van der Waals surface area contributed by atoms with Gasteiger partial charge in [-0.25, -0.2) is 18.7 Å². The van der Waals surface area contributed by atoms with E-state index in [4.69, 9.17) is 4.74 Å². The number of aromatic nitrogens is 2. The van der Waals surface area contributed by atoms with E-state index in [-0.39, 0.29) is 29.0 Å². The Morgan fingerprint density at radius 3 is 2.61 bits per heavy atom. The van der Waals surface area contributed by atoms with Gasteiger partial charge in [-0.15, -0.1) is 0 Å². The molecule has 0 radical (unpaired) electrons. The largest absolute Gasteiger partial charge is 0.481 e. The zero-order chi connectivity index (χ0) is 27.0. The van der Waals surface area contributed by atoms with Gasteiger partial charge >= 0.3 is 0 Å². The molecule has 1 saturated heterocycles. The van der Waals surface area contributed by atoms with Gasteiger partial charge in [0.15, 0.2) is 11.6 Å². The maximum atomic E-state index is 14.8. The van der Waals surface area contributed by atoms with Crippen molar-refractivity contribution < 1.29 is 23.1 Å². The van der Waals surface area contributed by atoms with Crippen LogP contribution in [0.1, 0.15) is 40.2 Å². The zero-order valence-corrected chi connectivity index (χ0v) is 22.6. The van der Waals surface area contributed by atoms with Crippen LogP contribution in [-0.4, -0.2) is 45.9 Å². The summed E-state index contributed by atoms with van der Waals surface area (Å²) in [7, 11) is 0. The monoisotopic (exact) mass is 631 g/mol. The molecule has 11 heteroatoms. The average Bonchev–Trinajstić information content (AvgIpc) is 3.73. The fraction of sp³-hybridized carbons (Fsp3) is 0.259. The standard InChI is InChI=1S/C27H24F2IN5O3/c1-3-23(36)35-11-18(12-35)38-25-24(31-13-32-26(25)34-30)20-9-17(28)10-22(14(20)2)33-27(37)19-7-6-16(8-21(19)29)15-4-5-15/h3,6-10,13,15,18H,1,4-5,11-12H2,2H3,(H,33,37)(H,31,32,34). The first kappa shape index (κ1) is 26.0. The molecule has 2 N–H and O–H groups in total. The van der Waals surface area contributed by atoms with Gasteiger partial charge in [0.05, 0.1) is 41.5 Å². The van der Waals surface area contributed by atoms with E-state index in [2.05, 4.69) is 25.4 Å². The number of nitrogens with zero attached hydrogens (tertiary/aromatic N) is 3. The molecule has 2 aromatic carbocycles. The number of anilines is 2. The van der Waals surface area contributed by atoms with Crippen molar-refractivity contribution in [1.29, 1.82) is 0 Å². The van der Waals surface area contributed by atoms with E-state index in [1.54, 1.807) is 17.9 Å². The van der Waals surface area contributed by atoms with Crippen LogP contribution in [0.2, 0.25) is 0 Å². The molecule has 0 bridgehead atoms. The Morgan fingerprint density at radius 1 is 1.18 bits per heavy atom. The highest BCUT2D eigenvalue weighted by molar-refractivity contribution is 14.1. The summed E-state index contributed by atoms with van der Waals surface area (Å²) in [6.45, 7) is 5.90. The summed E-state index contributed by atoms with van der Waals surface area (Å²) in [5, 5.41) is 2.64. The molecule has 196 valence electrons. The summed E-state index contributed by atoms with van der Waals surface area (Å²) >= 11 is 1.91. The second-order valence-corrected chi connectivity index (χ2v) is 9.81. The number of rotatable bonds is 8. The van der Waals surface area contributed by atoms with Crippen LogP contribution in [0.5, 0.6) is 5.75 Å². The first-order chi connectivity index (χ1) is 18.3. The minimum atomic E-state index is -0.681. The second-order valence-electron chi connectivity index (χ2n) is 9.28. The molecule has 1 aromatic heterocycles. The minimum Gasteiger partial charge on any atom is -0.481 e. The molecular weight excluding hydrogens is 607 g/mol. The van der Waals surface area contributed by atoms with Gasteiger partial charge in [0, 0.05) is 11.3 Å². The van der Waals surface area contributed by atoms with Crippen LogP contribution >= 0.6 is 22.9 Å². The molecule has 0 atom stereocenters. The highest BCUT2D eigenvalue weighted by Gasteiger charge is 2.33. The number of ether oxygens (including phenoxy) is 1. The number of carbonyl (C=O) groups is 2. The quantitative estimate of drug-likeness (QED) is 0.197. The van der Waals surface area contributed by atoms with E-state index >= 15 is 0 Å². The lowest BCUT2D eigenvalue weighted by atomic mass is 10.0. The molecule has 1 saturated carbocycles. The topological polar surface area (TPSA) is 96.4 Å². The summed E-state index contributed by atoms with van der Waals surface area (Å²) in [5.41, 5.74) is 2.12. The molecule has 0 unspecified atom stereocenters. The molecule has 2 fully saturated rings. The molecule has 2 amide bonds. The lowest BCUT2D eigenvalue weighted by Gasteiger charge is -2.38. The number of benzene rings is 2. The normalized spacial score (nSPS) is 15.0. The fourth-order valence-corrected chi connectivity index (χ4v) is 4.75. The predicted molar refractivity (Wildman–Crippen MR) is 147 cm³/mol. The maximum absolute atomic E-state index is 14.8. The molecular formula is C27H24F2IN5O3. The zero-order valence-electron chi connectivity index (χ0n) is 20.4. The van der Waals surface area contributed by atoms with Crippen molar-refractivity contribution in [3.8, 4) is 17.0 Å². The Morgan fingerprint density at radius 2 is 1.95 bits per heavy atom. The SMILES string of the molecule is C=CC(=O)N1CC(Oc2c(NI)ncnc2-c2cc(F)cc(NC(=O)c3ccc(C4CC4)cc3F)c2C)C1. The van der Waals surface area contributed by atoms with Crippen LogP contribution in [0, 0.1) is 18.6 Å². The Kier molecular flexibility index (Phi) is 7.28. The number of hydrogen-bond acceptors (Lipinski definition) is 6. The van der Waals surface area contributed by atoms with Gasteiger partial charge in [-0.2, -0.15) is 0 Å². The Labute approximate surface area is 232 Å². The van der Waals surface area contributed by atoms with Gasteiger partial charge in [0.25, 0.3) is 5.91 Å². The highest BCUT2D eigenvalue weighted by atomic mass is 127. The third-order valence-corrected chi connectivity index (χ3v) is 7.19. The van der Waals surface area contributed by atoms with E-state index in [0.29, 0.717) is 41.6 Å². The minimum absolute atomic E-state index is 0.120. The van der Waals surface area contributed by atoms with E-state index in [0.717, 1.165) is 18.4 Å². The molecule has 38 heavy (non-hydrogen) atoms. The number of halogens is 3. The number of hydrogen-bond donors (Lipinski definition) is 2. The lowest BCUT2D eigenvalue weighted by molar-refractivity contribution is -0.134. The smallest absolute Gasteiger partial charge is 0.258 e. The third kappa shape index (κ3) is 5.19. The molecule has 8 nitrogen and oxygen atoms in total. The van der Waals surface area contributed by atoms with Crippen LogP contribution < -0.4 is 13.6 Å². The third-order valence-electron chi connectivity index (χ3n) is 6.67. The number of carbonyl (C=O) groups excluding carboxylic acids is 2. The van der Waals surface area contributed by atoms with Crippen molar-refractivity contribution in [2.24, 2.45) is 0 Å². The molecule has 1 aliphatic heterocycles. The predicted octanol–water partition coefficient (Wildman–Crippen LogP) is 5.40. The van der Waals surface area contributed by atoms with E-state index in [1.165, 1.54) is 36.7 Å². The summed E-state index contributed by atoms with van der Waals surface area (Å²) in [6, 6.07) is 7.08. The number of nitrogens with one attached hydrogen (secondary N) is 2. The van der Waals surface area contributed by atoms with E-state index in [9.17, 15) is 18.4 Å². The fourth-order valence-electron chi connectivity index (χ4n) is 4.36. The first-order valence-corrected chi connectivity index (χ1v) is 13.1. The van der Waals surface area contributed by atoms with Crippen molar-refractivity contribution in [2.75, 3.05) is 21.9 Å². The molecule has 5 rings (SSSR count). The Bertz CT molecular complexity index is 1440. The van der Waals surface area contributed by atoms with Crippen molar-refractivity contribution in [3.63, 3.8) is 0 Å². The van der Waals surface area contributed by atoms with Gasteiger partial charge in [0.2, 0.25) is 5.91 Å². The van der Waals surface area contributed by atoms with Gasteiger partial charge in [-0.3, -0.25) is 9.59 Å². The summed E-state index contributed by atoms with van der Waals surface area (Å²) in [4.78, 5) is 34.9. The molecule has 1 aliphatic carbocycles. The highest BCUT2D eigenvalue weighted by Crippen LogP contribution is 2.41. The van der Waals surface area contributed by atoms with Crippen LogP contribution in [0.25, 0.3) is 11.3 Å². The van der Waals surface area contributed by atoms with Crippen molar-refractivity contribution >= 4 is 46.2 Å². The maximum Gasteiger partial charge on any atom is 0.258 e. The summed E-state index contributed by atoms with van der Waals surface area (Å²) in [5.74, 6) is -1.10. The van der Waals surface area contributed by atoms with Crippen LogP contribution in [0.3, 0.4) is 0 Å². The van der Waals surface area contributed by atoms with Crippen molar-refractivity contribution in [3.05, 3.63) is 77.6 Å². The van der Waals surface area contributed by atoms with Gasteiger partial charge < -0.3 is 18.5 Å². The summed E-state index contributed by atoms with van der Waals surface area (Å²) < 4.78 is 38.6. The molecule has 0 spiro atoms. The first-order valence-electron chi connectivity index (χ1n) is 12.0. The van der Waals surface area contributed by atoms with Gasteiger partial charge in [-0.05, 0) is 67.2 Å². The lowest BCUT2D eigenvalue weighted by Crippen LogP contribution is -2.55. The average molecular weight is 631 g/mol. The van der Waals surface area contributed by atoms with Crippen molar-refractivity contribution in [1.82, 2.24) is 14.9 Å². The van der Waals surface area contributed by atoms with E-state index in [1.807, 2.05) is 22.9 Å². The molecule has 2 aliphatic rings. The Hall–Kier alpha value is -3.61. The van der Waals surface area contributed by atoms with Gasteiger partial charge in [-0.1, -0.05) is 12.6 Å². The van der Waals surface area contributed by atoms with Crippen LogP contribution in [0.15, 0.2) is 49.3 Å². The number of likely N-dealkylation sites (tertiary alicyclic amines) is 1. The van der Waals surface area contributed by atoms with Gasteiger partial charge in [0.1, 0.15) is 29.8 Å². The van der Waals surface area contributed by atoms with Crippen LogP contribution in [0.4, 0.5) is 20.3 Å². The molecule has 3 aromatic rings. The second kappa shape index (κ2) is 10.6. The van der Waals surface area contributed by atoms with Crippen molar-refractivity contribution in [2.45, 2.75) is 31.8 Å². The molecule has 2 heterocycles. The number of amides is 2. The Balaban J connectivity index is 1.44. The van der Waals surface area contributed by atoms with Crippen LogP contribution in [-0.2, 0) is 4.79 Å². The van der Waals surface area contributed by atoms with E-state index < -0.39 is 17.5 Å².